The van der Waals surface area contributed by atoms with E-state index in [9.17, 15) is 0 Å². The number of nitrogens with one attached hydrogen (secondary N) is 1. The fourth-order valence-electron chi connectivity index (χ4n) is 2.96. The molecule has 1 nitrogen and oxygen atoms in total. The lowest BCUT2D eigenvalue weighted by molar-refractivity contribution is 0.577. The summed E-state index contributed by atoms with van der Waals surface area (Å²) in [5.41, 5.74) is 2.89. The van der Waals surface area contributed by atoms with Gasteiger partial charge in [0.25, 0.3) is 0 Å². The topological polar surface area (TPSA) is 12.0 Å². The Kier molecular flexibility index (Phi) is 5.07. The van der Waals surface area contributed by atoms with E-state index in [1.807, 2.05) is 0 Å². The molecule has 1 saturated carbocycles. The van der Waals surface area contributed by atoms with Crippen LogP contribution in [0.4, 0.5) is 0 Å². The van der Waals surface area contributed by atoms with E-state index < -0.39 is 0 Å². The highest BCUT2D eigenvalue weighted by atomic mass is 14.9. The summed E-state index contributed by atoms with van der Waals surface area (Å²) in [4.78, 5) is 0. The van der Waals surface area contributed by atoms with Gasteiger partial charge in [-0.15, -0.1) is 0 Å². The van der Waals surface area contributed by atoms with Crippen molar-refractivity contribution < 1.29 is 0 Å². The van der Waals surface area contributed by atoms with Crippen molar-refractivity contribution in [2.45, 2.75) is 44.1 Å². The molecule has 1 fully saturated rings. The van der Waals surface area contributed by atoms with Gasteiger partial charge in [0, 0.05) is 12.0 Å². The van der Waals surface area contributed by atoms with Crippen LogP contribution in [-0.2, 0) is 0 Å². The summed E-state index contributed by atoms with van der Waals surface area (Å²) >= 11 is 0. The molecule has 0 atom stereocenters. The van der Waals surface area contributed by atoms with E-state index in [0.717, 1.165) is 6.04 Å². The molecule has 0 aliphatic heterocycles. The van der Waals surface area contributed by atoms with Crippen LogP contribution in [0.15, 0.2) is 60.7 Å². The van der Waals surface area contributed by atoms with Gasteiger partial charge in [-0.3, -0.25) is 0 Å². The molecule has 0 amide bonds. The van der Waals surface area contributed by atoms with Crippen molar-refractivity contribution in [1.29, 1.82) is 0 Å². The summed E-state index contributed by atoms with van der Waals surface area (Å²) in [5, 5.41) is 3.61. The van der Waals surface area contributed by atoms with Gasteiger partial charge in [0.15, 0.2) is 0 Å². The second-order valence-electron chi connectivity index (χ2n) is 6.10. The Morgan fingerprint density at radius 2 is 1.38 bits per heavy atom. The van der Waals surface area contributed by atoms with Gasteiger partial charge in [-0.25, -0.2) is 0 Å². The monoisotopic (exact) mass is 279 g/mol. The molecule has 0 radical (unpaired) electrons. The quantitative estimate of drug-likeness (QED) is 0.688. The number of hydrogen-bond donors (Lipinski definition) is 1. The van der Waals surface area contributed by atoms with Crippen LogP contribution in [0.5, 0.6) is 0 Å². The summed E-state index contributed by atoms with van der Waals surface area (Å²) in [6.07, 6.45) is 6.58. The lowest BCUT2D eigenvalue weighted by Gasteiger charge is -2.18. The van der Waals surface area contributed by atoms with E-state index >= 15 is 0 Å². The summed E-state index contributed by atoms with van der Waals surface area (Å²) < 4.78 is 0. The second kappa shape index (κ2) is 7.42. The fraction of sp³-hybridized carbons (Fsp3) is 0.400. The molecule has 0 spiro atoms. The SMILES string of the molecule is c1ccc(C(CCCCNC2CC2)c2ccccc2)cc1. The Labute approximate surface area is 128 Å². The van der Waals surface area contributed by atoms with Crippen LogP contribution in [-0.4, -0.2) is 12.6 Å². The predicted molar refractivity (Wildman–Crippen MR) is 89.6 cm³/mol. The number of hydrogen-bond acceptors (Lipinski definition) is 1. The molecule has 0 unspecified atom stereocenters. The van der Waals surface area contributed by atoms with Gasteiger partial charge in [-0.1, -0.05) is 67.1 Å². The molecule has 1 heteroatoms. The highest BCUT2D eigenvalue weighted by molar-refractivity contribution is 5.32. The molecular weight excluding hydrogens is 254 g/mol. The van der Waals surface area contributed by atoms with Crippen molar-refractivity contribution in [2.24, 2.45) is 0 Å². The number of unbranched alkanes of at least 4 members (excludes halogenated alkanes) is 1. The minimum atomic E-state index is 0.535. The van der Waals surface area contributed by atoms with Gasteiger partial charge in [0.05, 0.1) is 0 Å². The zero-order chi connectivity index (χ0) is 14.3. The van der Waals surface area contributed by atoms with Gasteiger partial charge >= 0.3 is 0 Å². The molecular formula is C20H25N. The van der Waals surface area contributed by atoms with E-state index in [1.165, 1.54) is 49.8 Å². The lowest BCUT2D eigenvalue weighted by Crippen LogP contribution is -2.17. The minimum absolute atomic E-state index is 0.535. The molecule has 1 aliphatic rings. The van der Waals surface area contributed by atoms with Crippen LogP contribution in [0.3, 0.4) is 0 Å². The van der Waals surface area contributed by atoms with Crippen molar-refractivity contribution in [2.75, 3.05) is 6.54 Å². The standard InChI is InChI=1S/C20H25N/c1-3-9-17(10-4-1)20(18-11-5-2-6-12-18)13-7-8-16-21-19-14-15-19/h1-6,9-12,19-21H,7-8,13-16H2. The average Bonchev–Trinajstić information content (AvgIpc) is 3.37. The zero-order valence-corrected chi connectivity index (χ0v) is 12.7. The maximum atomic E-state index is 3.61. The molecule has 2 aromatic rings. The van der Waals surface area contributed by atoms with Crippen LogP contribution >= 0.6 is 0 Å². The normalized spacial score (nSPS) is 14.5. The first-order chi connectivity index (χ1) is 10.4. The van der Waals surface area contributed by atoms with Crippen LogP contribution < -0.4 is 5.32 Å². The van der Waals surface area contributed by atoms with E-state index in [2.05, 4.69) is 66.0 Å². The van der Waals surface area contributed by atoms with Crippen LogP contribution in [0.2, 0.25) is 0 Å². The van der Waals surface area contributed by atoms with Gasteiger partial charge in [-0.2, -0.15) is 0 Å². The Morgan fingerprint density at radius 1 is 0.810 bits per heavy atom. The molecule has 1 aliphatic carbocycles. The third-order valence-corrected chi connectivity index (χ3v) is 4.33. The van der Waals surface area contributed by atoms with Gasteiger partial charge in [0.2, 0.25) is 0 Å². The zero-order valence-electron chi connectivity index (χ0n) is 12.7. The second-order valence-corrected chi connectivity index (χ2v) is 6.10. The van der Waals surface area contributed by atoms with E-state index in [0.29, 0.717) is 5.92 Å². The van der Waals surface area contributed by atoms with Crippen LogP contribution in [0, 0.1) is 0 Å². The molecule has 110 valence electrons. The first kappa shape index (κ1) is 14.3. The Bertz CT molecular complexity index is 477. The number of rotatable bonds is 8. The van der Waals surface area contributed by atoms with Crippen LogP contribution in [0.25, 0.3) is 0 Å². The van der Waals surface area contributed by atoms with Gasteiger partial charge < -0.3 is 5.32 Å². The Morgan fingerprint density at radius 3 is 1.90 bits per heavy atom. The maximum absolute atomic E-state index is 3.61. The Balaban J connectivity index is 1.59. The van der Waals surface area contributed by atoms with Crippen molar-refractivity contribution in [3.8, 4) is 0 Å². The van der Waals surface area contributed by atoms with Gasteiger partial charge in [0.1, 0.15) is 0 Å². The first-order valence-corrected chi connectivity index (χ1v) is 8.27. The smallest absolute Gasteiger partial charge is 0.00893 e. The number of benzene rings is 2. The van der Waals surface area contributed by atoms with E-state index in [1.54, 1.807) is 0 Å². The average molecular weight is 279 g/mol. The van der Waals surface area contributed by atoms with Gasteiger partial charge in [-0.05, 0) is 43.4 Å². The summed E-state index contributed by atoms with van der Waals surface area (Å²) in [5.74, 6) is 0.535. The van der Waals surface area contributed by atoms with Crippen molar-refractivity contribution in [3.05, 3.63) is 71.8 Å². The molecule has 21 heavy (non-hydrogen) atoms. The predicted octanol–water partition coefficient (Wildman–Crippen LogP) is 4.74. The molecule has 2 aromatic carbocycles. The first-order valence-electron chi connectivity index (χ1n) is 8.27. The highest BCUT2D eigenvalue weighted by Gasteiger charge is 2.19. The van der Waals surface area contributed by atoms with E-state index in [-0.39, 0.29) is 0 Å². The lowest BCUT2D eigenvalue weighted by atomic mass is 9.87. The third kappa shape index (κ3) is 4.44. The molecule has 0 saturated heterocycles. The highest BCUT2D eigenvalue weighted by Crippen LogP contribution is 2.29. The van der Waals surface area contributed by atoms with Crippen molar-refractivity contribution in [3.63, 3.8) is 0 Å². The summed E-state index contributed by atoms with van der Waals surface area (Å²) in [7, 11) is 0. The fourth-order valence-corrected chi connectivity index (χ4v) is 2.96. The maximum Gasteiger partial charge on any atom is 0.00893 e. The molecule has 0 aromatic heterocycles. The molecule has 3 rings (SSSR count). The van der Waals surface area contributed by atoms with E-state index in [4.69, 9.17) is 0 Å². The van der Waals surface area contributed by atoms with Crippen molar-refractivity contribution >= 4 is 0 Å². The summed E-state index contributed by atoms with van der Waals surface area (Å²) in [6.45, 7) is 1.18. The third-order valence-electron chi connectivity index (χ3n) is 4.33. The largest absolute Gasteiger partial charge is 0.314 e. The van der Waals surface area contributed by atoms with Crippen molar-refractivity contribution in [1.82, 2.24) is 5.32 Å². The summed E-state index contributed by atoms with van der Waals surface area (Å²) in [6, 6.07) is 22.7. The molecule has 1 N–H and O–H groups in total. The van der Waals surface area contributed by atoms with Crippen LogP contribution in [0.1, 0.15) is 49.1 Å². The minimum Gasteiger partial charge on any atom is -0.314 e. The molecule has 0 bridgehead atoms. The Hall–Kier alpha value is -1.60. The molecule has 0 heterocycles.